The molecule has 0 amide bonds. The molecule has 2 aromatic carbocycles. The number of pyridine rings is 1. The smallest absolute Gasteiger partial charge is 0.171 e. The standard InChI is InChI=1S/C21H23N3OS/c1-13-7-8-16(12-14(13)2)15(3)23-21(26)24-18-9-10-19(25-4)20-17(18)6-5-11-22-20/h5-12,15H,1-4H3,(H2,23,24,26). The zero-order chi connectivity index (χ0) is 18.7. The number of ether oxygens (including phenoxy) is 1. The van der Waals surface area contributed by atoms with E-state index < -0.39 is 0 Å². The highest BCUT2D eigenvalue weighted by Crippen LogP contribution is 2.29. The highest BCUT2D eigenvalue weighted by molar-refractivity contribution is 7.80. The third-order valence-corrected chi connectivity index (χ3v) is 4.80. The molecule has 4 nitrogen and oxygen atoms in total. The molecule has 0 saturated heterocycles. The number of nitrogens with one attached hydrogen (secondary N) is 2. The zero-order valence-electron chi connectivity index (χ0n) is 15.5. The summed E-state index contributed by atoms with van der Waals surface area (Å²) < 4.78 is 5.39. The van der Waals surface area contributed by atoms with Crippen LogP contribution in [0.1, 0.15) is 29.7 Å². The Hall–Kier alpha value is -2.66. The van der Waals surface area contributed by atoms with Crippen LogP contribution in [0.5, 0.6) is 5.75 Å². The summed E-state index contributed by atoms with van der Waals surface area (Å²) in [7, 11) is 1.65. The SMILES string of the molecule is COc1ccc(NC(=S)NC(C)c2ccc(C)c(C)c2)c2cccnc12. The number of benzene rings is 2. The summed E-state index contributed by atoms with van der Waals surface area (Å²) in [5.74, 6) is 0.744. The number of aryl methyl sites for hydroxylation is 2. The van der Waals surface area contributed by atoms with E-state index in [2.05, 4.69) is 54.6 Å². The highest BCUT2D eigenvalue weighted by atomic mass is 32.1. The van der Waals surface area contributed by atoms with Crippen molar-refractivity contribution in [3.63, 3.8) is 0 Å². The van der Waals surface area contributed by atoms with E-state index in [0.717, 1.165) is 22.3 Å². The van der Waals surface area contributed by atoms with Crippen molar-refractivity contribution in [1.29, 1.82) is 0 Å². The number of rotatable bonds is 4. The van der Waals surface area contributed by atoms with Crippen LogP contribution in [0.3, 0.4) is 0 Å². The highest BCUT2D eigenvalue weighted by Gasteiger charge is 2.11. The molecule has 0 aliphatic rings. The van der Waals surface area contributed by atoms with Gasteiger partial charge in [0.05, 0.1) is 13.2 Å². The zero-order valence-corrected chi connectivity index (χ0v) is 16.3. The monoisotopic (exact) mass is 365 g/mol. The molecule has 26 heavy (non-hydrogen) atoms. The van der Waals surface area contributed by atoms with Crippen molar-refractivity contribution in [2.75, 3.05) is 12.4 Å². The van der Waals surface area contributed by atoms with E-state index in [9.17, 15) is 0 Å². The van der Waals surface area contributed by atoms with Gasteiger partial charge in [0.25, 0.3) is 0 Å². The first-order valence-corrected chi connectivity index (χ1v) is 8.97. The Morgan fingerprint density at radius 1 is 1.12 bits per heavy atom. The summed E-state index contributed by atoms with van der Waals surface area (Å²) in [6.45, 7) is 6.34. The van der Waals surface area contributed by atoms with Gasteiger partial charge in [0.1, 0.15) is 11.3 Å². The van der Waals surface area contributed by atoms with Gasteiger partial charge in [-0.1, -0.05) is 18.2 Å². The average Bonchev–Trinajstić information content (AvgIpc) is 2.64. The lowest BCUT2D eigenvalue weighted by molar-refractivity contribution is 0.419. The molecule has 5 heteroatoms. The van der Waals surface area contributed by atoms with Crippen LogP contribution in [-0.2, 0) is 0 Å². The van der Waals surface area contributed by atoms with Crippen LogP contribution < -0.4 is 15.4 Å². The Bertz CT molecular complexity index is 955. The Labute approximate surface area is 159 Å². The van der Waals surface area contributed by atoms with Crippen molar-refractivity contribution in [2.24, 2.45) is 0 Å². The lowest BCUT2D eigenvalue weighted by atomic mass is 10.0. The molecule has 134 valence electrons. The number of aromatic nitrogens is 1. The molecule has 1 heterocycles. The fourth-order valence-corrected chi connectivity index (χ4v) is 3.18. The molecule has 0 saturated carbocycles. The van der Waals surface area contributed by atoms with Crippen molar-refractivity contribution in [3.8, 4) is 5.75 Å². The summed E-state index contributed by atoms with van der Waals surface area (Å²) in [6.07, 6.45) is 1.76. The summed E-state index contributed by atoms with van der Waals surface area (Å²) in [5, 5.41) is 8.18. The topological polar surface area (TPSA) is 46.2 Å². The van der Waals surface area contributed by atoms with Gasteiger partial charge in [-0.25, -0.2) is 0 Å². The van der Waals surface area contributed by atoms with Crippen molar-refractivity contribution in [3.05, 3.63) is 65.4 Å². The predicted molar refractivity (Wildman–Crippen MR) is 112 cm³/mol. The Balaban J connectivity index is 1.78. The van der Waals surface area contributed by atoms with Gasteiger partial charge in [0.15, 0.2) is 5.11 Å². The quantitative estimate of drug-likeness (QED) is 0.644. The van der Waals surface area contributed by atoms with Gasteiger partial charge >= 0.3 is 0 Å². The average molecular weight is 366 g/mol. The van der Waals surface area contributed by atoms with Gasteiger partial charge in [-0.15, -0.1) is 0 Å². The normalized spacial score (nSPS) is 11.8. The molecule has 0 aliphatic heterocycles. The summed E-state index contributed by atoms with van der Waals surface area (Å²) in [5.41, 5.74) is 5.49. The third kappa shape index (κ3) is 3.78. The lowest BCUT2D eigenvalue weighted by Gasteiger charge is -2.19. The van der Waals surface area contributed by atoms with Gasteiger partial charge < -0.3 is 15.4 Å². The third-order valence-electron chi connectivity index (χ3n) is 4.58. The minimum absolute atomic E-state index is 0.108. The van der Waals surface area contributed by atoms with Crippen LogP contribution in [0.2, 0.25) is 0 Å². The van der Waals surface area contributed by atoms with E-state index >= 15 is 0 Å². The van der Waals surface area contributed by atoms with Gasteiger partial charge in [-0.2, -0.15) is 0 Å². The number of hydrogen-bond donors (Lipinski definition) is 2. The molecule has 0 aliphatic carbocycles. The summed E-state index contributed by atoms with van der Waals surface area (Å²) in [6, 6.07) is 14.3. The number of methoxy groups -OCH3 is 1. The molecule has 3 rings (SSSR count). The molecule has 0 spiro atoms. The molecule has 2 N–H and O–H groups in total. The van der Waals surface area contributed by atoms with Crippen molar-refractivity contribution < 1.29 is 4.74 Å². The summed E-state index contributed by atoms with van der Waals surface area (Å²) >= 11 is 5.52. The van der Waals surface area contributed by atoms with Crippen molar-refractivity contribution in [2.45, 2.75) is 26.8 Å². The molecular formula is C21H23N3OS. The first-order chi connectivity index (χ1) is 12.5. The van der Waals surface area contributed by atoms with Crippen molar-refractivity contribution in [1.82, 2.24) is 10.3 Å². The molecule has 0 fully saturated rings. The largest absolute Gasteiger partial charge is 0.494 e. The van der Waals surface area contributed by atoms with Crippen molar-refractivity contribution >= 4 is 33.9 Å². The second-order valence-electron chi connectivity index (χ2n) is 6.38. The van der Waals surface area contributed by atoms with Crippen LogP contribution in [-0.4, -0.2) is 17.2 Å². The van der Waals surface area contributed by atoms with Gasteiger partial charge in [0, 0.05) is 17.3 Å². The Kier molecular flexibility index (Phi) is 5.38. The number of nitrogens with zero attached hydrogens (tertiary/aromatic N) is 1. The summed E-state index contributed by atoms with van der Waals surface area (Å²) in [4.78, 5) is 4.42. The number of thiocarbonyl (C=S) groups is 1. The molecular weight excluding hydrogens is 342 g/mol. The Morgan fingerprint density at radius 2 is 1.92 bits per heavy atom. The number of anilines is 1. The van der Waals surface area contributed by atoms with Gasteiger partial charge in [-0.05, 0) is 73.9 Å². The molecule has 0 bridgehead atoms. The number of hydrogen-bond acceptors (Lipinski definition) is 3. The lowest BCUT2D eigenvalue weighted by Crippen LogP contribution is -2.31. The van der Waals surface area contributed by atoms with E-state index in [-0.39, 0.29) is 6.04 Å². The second kappa shape index (κ2) is 7.70. The fraction of sp³-hybridized carbons (Fsp3) is 0.238. The van der Waals surface area contributed by atoms with E-state index in [1.54, 1.807) is 13.3 Å². The van der Waals surface area contributed by atoms with Crippen LogP contribution in [0, 0.1) is 13.8 Å². The van der Waals surface area contributed by atoms with E-state index in [0.29, 0.717) is 5.11 Å². The minimum Gasteiger partial charge on any atom is -0.494 e. The molecule has 0 radical (unpaired) electrons. The van der Waals surface area contributed by atoms with Crippen LogP contribution in [0.15, 0.2) is 48.7 Å². The number of fused-ring (bicyclic) bond motifs is 1. The van der Waals surface area contributed by atoms with Gasteiger partial charge in [-0.3, -0.25) is 4.98 Å². The predicted octanol–water partition coefficient (Wildman–Crippen LogP) is 4.91. The molecule has 1 unspecified atom stereocenters. The maximum Gasteiger partial charge on any atom is 0.171 e. The fourth-order valence-electron chi connectivity index (χ4n) is 2.89. The second-order valence-corrected chi connectivity index (χ2v) is 6.79. The van der Waals surface area contributed by atoms with Crippen LogP contribution in [0.4, 0.5) is 5.69 Å². The van der Waals surface area contributed by atoms with Crippen LogP contribution >= 0.6 is 12.2 Å². The minimum atomic E-state index is 0.108. The maximum absolute atomic E-state index is 5.52. The first kappa shape index (κ1) is 18.1. The first-order valence-electron chi connectivity index (χ1n) is 8.56. The van der Waals surface area contributed by atoms with E-state index in [1.807, 2.05) is 24.3 Å². The Morgan fingerprint density at radius 3 is 2.65 bits per heavy atom. The molecule has 1 aromatic heterocycles. The molecule has 1 atom stereocenters. The molecule has 3 aromatic rings. The van der Waals surface area contributed by atoms with Crippen LogP contribution in [0.25, 0.3) is 10.9 Å². The van der Waals surface area contributed by atoms with E-state index in [4.69, 9.17) is 17.0 Å². The van der Waals surface area contributed by atoms with Gasteiger partial charge in [0.2, 0.25) is 0 Å². The maximum atomic E-state index is 5.52. The van der Waals surface area contributed by atoms with E-state index in [1.165, 1.54) is 16.7 Å².